The van der Waals surface area contributed by atoms with Crippen LogP contribution in [0.15, 0.2) is 48.5 Å². The van der Waals surface area contributed by atoms with Crippen molar-refractivity contribution in [3.8, 4) is 5.69 Å². The summed E-state index contributed by atoms with van der Waals surface area (Å²) in [4.78, 5) is 36.8. The molecule has 3 aromatic rings. The number of amides is 1. The Morgan fingerprint density at radius 3 is 2.48 bits per heavy atom. The molecule has 0 spiro atoms. The van der Waals surface area contributed by atoms with Crippen LogP contribution in [0.4, 0.5) is 5.69 Å². The van der Waals surface area contributed by atoms with Crippen LogP contribution in [-0.2, 0) is 9.53 Å². The molecule has 1 amide bonds. The van der Waals surface area contributed by atoms with Gasteiger partial charge in [-0.25, -0.2) is 4.79 Å². The van der Waals surface area contributed by atoms with Crippen molar-refractivity contribution in [2.75, 3.05) is 11.9 Å². The summed E-state index contributed by atoms with van der Waals surface area (Å²) in [5.74, 6) is -1.36. The molecule has 0 saturated carbocycles. The summed E-state index contributed by atoms with van der Waals surface area (Å²) in [5.41, 5.74) is 1.97. The third-order valence-electron chi connectivity index (χ3n) is 3.92. The number of benzene rings is 2. The van der Waals surface area contributed by atoms with Crippen molar-refractivity contribution in [2.24, 2.45) is 0 Å². The topological polar surface area (TPSA) is 103 Å². The second kappa shape index (κ2) is 8.66. The zero-order valence-corrected chi connectivity index (χ0v) is 16.4. The monoisotopic (exact) mass is 412 g/mol. The van der Waals surface area contributed by atoms with E-state index in [1.807, 2.05) is 0 Å². The fraction of sp³-hybridized carbons (Fsp3) is 0.150. The SMILES string of the molecule is CC(=O)c1ccc(NC(=O)COC(=O)c2nn(-c3cccc(Cl)c3)nc2C)cc1. The highest BCUT2D eigenvalue weighted by Gasteiger charge is 2.19. The highest BCUT2D eigenvalue weighted by molar-refractivity contribution is 6.30. The van der Waals surface area contributed by atoms with Crippen LogP contribution in [0.3, 0.4) is 0 Å². The summed E-state index contributed by atoms with van der Waals surface area (Å²) in [5, 5.41) is 11.4. The van der Waals surface area contributed by atoms with E-state index < -0.39 is 18.5 Å². The van der Waals surface area contributed by atoms with Gasteiger partial charge in [-0.2, -0.15) is 9.90 Å². The van der Waals surface area contributed by atoms with Gasteiger partial charge in [-0.15, -0.1) is 5.10 Å². The lowest BCUT2D eigenvalue weighted by Crippen LogP contribution is -2.21. The molecule has 0 saturated heterocycles. The first-order valence-corrected chi connectivity index (χ1v) is 8.99. The van der Waals surface area contributed by atoms with E-state index in [0.717, 1.165) is 0 Å². The largest absolute Gasteiger partial charge is 0.451 e. The molecule has 8 nitrogen and oxygen atoms in total. The Labute approximate surface area is 171 Å². The van der Waals surface area contributed by atoms with Crippen molar-refractivity contribution in [1.29, 1.82) is 0 Å². The lowest BCUT2D eigenvalue weighted by atomic mass is 10.1. The first-order chi connectivity index (χ1) is 13.8. The standard InChI is InChI=1S/C20H17ClN4O4/c1-12-19(24-25(23-12)17-5-3-4-15(21)10-17)20(28)29-11-18(27)22-16-8-6-14(7-9-16)13(2)26/h3-10H,11H2,1-2H3,(H,22,27). The molecule has 0 unspecified atom stereocenters. The number of halogens is 1. The second-order valence-corrected chi connectivity index (χ2v) is 6.60. The van der Waals surface area contributed by atoms with Gasteiger partial charge in [-0.05, 0) is 56.3 Å². The van der Waals surface area contributed by atoms with E-state index in [1.165, 1.54) is 11.7 Å². The van der Waals surface area contributed by atoms with Crippen LogP contribution in [0.25, 0.3) is 5.69 Å². The molecule has 3 rings (SSSR count). The number of nitrogens with zero attached hydrogens (tertiary/aromatic N) is 3. The molecule has 0 aliphatic carbocycles. The summed E-state index contributed by atoms with van der Waals surface area (Å²) < 4.78 is 5.03. The molecular weight excluding hydrogens is 396 g/mol. The molecule has 29 heavy (non-hydrogen) atoms. The number of carbonyl (C=O) groups excluding carboxylic acids is 3. The lowest BCUT2D eigenvalue weighted by molar-refractivity contribution is -0.119. The van der Waals surface area contributed by atoms with Crippen LogP contribution in [-0.4, -0.2) is 39.3 Å². The van der Waals surface area contributed by atoms with Crippen LogP contribution >= 0.6 is 11.6 Å². The summed E-state index contributed by atoms with van der Waals surface area (Å²) in [6.45, 7) is 2.58. The number of esters is 1. The number of hydrogen-bond acceptors (Lipinski definition) is 6. The Morgan fingerprint density at radius 1 is 1.10 bits per heavy atom. The first-order valence-electron chi connectivity index (χ1n) is 8.61. The maximum Gasteiger partial charge on any atom is 0.361 e. The lowest BCUT2D eigenvalue weighted by Gasteiger charge is -2.06. The summed E-state index contributed by atoms with van der Waals surface area (Å²) >= 11 is 5.96. The van der Waals surface area contributed by atoms with Crippen LogP contribution in [0.1, 0.15) is 33.5 Å². The van der Waals surface area contributed by atoms with E-state index in [4.69, 9.17) is 16.3 Å². The van der Waals surface area contributed by atoms with Crippen LogP contribution in [0.5, 0.6) is 0 Å². The number of anilines is 1. The zero-order valence-electron chi connectivity index (χ0n) is 15.7. The molecule has 2 aromatic carbocycles. The van der Waals surface area contributed by atoms with Gasteiger partial charge in [0, 0.05) is 16.3 Å². The third-order valence-corrected chi connectivity index (χ3v) is 4.16. The molecular formula is C20H17ClN4O4. The van der Waals surface area contributed by atoms with E-state index >= 15 is 0 Å². The molecule has 0 aliphatic heterocycles. The van der Waals surface area contributed by atoms with E-state index in [2.05, 4.69) is 15.5 Å². The van der Waals surface area contributed by atoms with Crippen LogP contribution in [0, 0.1) is 6.92 Å². The van der Waals surface area contributed by atoms with Gasteiger partial charge in [0.1, 0.15) is 0 Å². The van der Waals surface area contributed by atoms with Crippen molar-refractivity contribution >= 4 is 34.9 Å². The molecule has 1 N–H and O–H groups in total. The molecule has 0 bridgehead atoms. The molecule has 0 atom stereocenters. The molecule has 0 aliphatic rings. The highest BCUT2D eigenvalue weighted by Crippen LogP contribution is 2.15. The zero-order chi connectivity index (χ0) is 21.0. The molecule has 148 valence electrons. The predicted octanol–water partition coefficient (Wildman–Crippen LogP) is 3.23. The van der Waals surface area contributed by atoms with Gasteiger partial charge in [0.2, 0.25) is 0 Å². The maximum atomic E-state index is 12.3. The Hall–Kier alpha value is -3.52. The Morgan fingerprint density at radius 2 is 1.83 bits per heavy atom. The van der Waals surface area contributed by atoms with Crippen molar-refractivity contribution in [1.82, 2.24) is 15.0 Å². The average Bonchev–Trinajstić information content (AvgIpc) is 3.08. The molecule has 9 heteroatoms. The number of Topliss-reactive ketones (excluding diaryl/α,β-unsaturated/α-hetero) is 1. The summed E-state index contributed by atoms with van der Waals surface area (Å²) in [6.07, 6.45) is 0. The first kappa shape index (κ1) is 20.2. The smallest absolute Gasteiger partial charge is 0.361 e. The fourth-order valence-electron chi connectivity index (χ4n) is 2.47. The van der Waals surface area contributed by atoms with Crippen LogP contribution in [0.2, 0.25) is 5.02 Å². The van der Waals surface area contributed by atoms with E-state index in [0.29, 0.717) is 27.7 Å². The number of hydrogen-bond donors (Lipinski definition) is 1. The van der Waals surface area contributed by atoms with Gasteiger partial charge >= 0.3 is 5.97 Å². The summed E-state index contributed by atoms with van der Waals surface area (Å²) in [7, 11) is 0. The number of ether oxygens (including phenoxy) is 1. The minimum Gasteiger partial charge on any atom is -0.451 e. The minimum absolute atomic E-state index is 0.00332. The Kier molecular flexibility index (Phi) is 6.04. The number of aromatic nitrogens is 3. The molecule has 1 heterocycles. The van der Waals surface area contributed by atoms with Gasteiger partial charge in [0.05, 0.1) is 11.4 Å². The third kappa shape index (κ3) is 5.05. The van der Waals surface area contributed by atoms with Gasteiger partial charge in [-0.3, -0.25) is 9.59 Å². The number of aryl methyl sites for hydroxylation is 1. The van der Waals surface area contributed by atoms with Gasteiger partial charge < -0.3 is 10.1 Å². The van der Waals surface area contributed by atoms with Crippen LogP contribution < -0.4 is 5.32 Å². The molecule has 0 radical (unpaired) electrons. The highest BCUT2D eigenvalue weighted by atomic mass is 35.5. The second-order valence-electron chi connectivity index (χ2n) is 6.16. The number of ketones is 1. The summed E-state index contributed by atoms with van der Waals surface area (Å²) in [6, 6.07) is 13.2. The van der Waals surface area contributed by atoms with Gasteiger partial charge in [0.25, 0.3) is 5.91 Å². The quantitative estimate of drug-likeness (QED) is 0.492. The minimum atomic E-state index is -0.766. The van der Waals surface area contributed by atoms with Crippen molar-refractivity contribution < 1.29 is 19.1 Å². The Balaban J connectivity index is 1.60. The Bertz CT molecular complexity index is 1080. The fourth-order valence-corrected chi connectivity index (χ4v) is 2.65. The molecule has 1 aromatic heterocycles. The number of rotatable bonds is 6. The normalized spacial score (nSPS) is 10.4. The van der Waals surface area contributed by atoms with Gasteiger partial charge in [-0.1, -0.05) is 17.7 Å². The predicted molar refractivity (Wildman–Crippen MR) is 106 cm³/mol. The number of carbonyl (C=O) groups is 3. The van der Waals surface area contributed by atoms with Gasteiger partial charge in [0.15, 0.2) is 18.1 Å². The maximum absolute atomic E-state index is 12.3. The van der Waals surface area contributed by atoms with E-state index in [-0.39, 0.29) is 11.5 Å². The number of nitrogens with one attached hydrogen (secondary N) is 1. The van der Waals surface area contributed by atoms with Crippen molar-refractivity contribution in [3.63, 3.8) is 0 Å². The van der Waals surface area contributed by atoms with Crippen molar-refractivity contribution in [3.05, 3.63) is 70.5 Å². The molecule has 0 fully saturated rings. The van der Waals surface area contributed by atoms with E-state index in [1.54, 1.807) is 55.5 Å². The van der Waals surface area contributed by atoms with E-state index in [9.17, 15) is 14.4 Å². The average molecular weight is 413 g/mol. The van der Waals surface area contributed by atoms with Crippen molar-refractivity contribution in [2.45, 2.75) is 13.8 Å².